The van der Waals surface area contributed by atoms with E-state index < -0.39 is 0 Å². The van der Waals surface area contributed by atoms with E-state index in [2.05, 4.69) is 10.4 Å². The lowest BCUT2D eigenvalue weighted by atomic mass is 10.1. The normalized spacial score (nSPS) is 12.1. The maximum absolute atomic E-state index is 12.7. The topological polar surface area (TPSA) is 80.3 Å². The summed E-state index contributed by atoms with van der Waals surface area (Å²) >= 11 is 0. The summed E-state index contributed by atoms with van der Waals surface area (Å²) in [6.07, 6.45) is 2.23. The predicted molar refractivity (Wildman–Crippen MR) is 94.5 cm³/mol. The molecule has 3 rings (SSSR count). The zero-order valence-corrected chi connectivity index (χ0v) is 14.1. The summed E-state index contributed by atoms with van der Waals surface area (Å²) in [6.45, 7) is 2.59. The van der Waals surface area contributed by atoms with Gasteiger partial charge in [0, 0.05) is 19.2 Å². The first-order valence-electron chi connectivity index (χ1n) is 8.27. The lowest BCUT2D eigenvalue weighted by molar-refractivity contribution is 0.0937. The summed E-state index contributed by atoms with van der Waals surface area (Å²) in [5.74, 6) is 0.600. The van der Waals surface area contributed by atoms with E-state index in [1.165, 1.54) is 0 Å². The van der Waals surface area contributed by atoms with Gasteiger partial charge in [-0.3, -0.25) is 4.79 Å². The molecule has 130 valence electrons. The van der Waals surface area contributed by atoms with Gasteiger partial charge in [0.15, 0.2) is 5.76 Å². The summed E-state index contributed by atoms with van der Waals surface area (Å²) in [5.41, 5.74) is 1.84. The number of aromatic nitrogens is 2. The molecule has 0 saturated heterocycles. The van der Waals surface area contributed by atoms with Gasteiger partial charge in [-0.15, -0.1) is 0 Å². The van der Waals surface area contributed by atoms with Gasteiger partial charge in [-0.05, 0) is 36.6 Å². The highest BCUT2D eigenvalue weighted by Gasteiger charge is 2.19. The highest BCUT2D eigenvalue weighted by atomic mass is 16.3. The van der Waals surface area contributed by atoms with E-state index in [1.807, 2.05) is 43.3 Å². The molecule has 6 nitrogen and oxygen atoms in total. The molecule has 0 aliphatic rings. The van der Waals surface area contributed by atoms with Gasteiger partial charge in [0.1, 0.15) is 11.4 Å². The number of carbonyl (C=O) groups excluding carboxylic acids is 1. The lowest BCUT2D eigenvalue weighted by Gasteiger charge is -2.12. The van der Waals surface area contributed by atoms with Gasteiger partial charge in [-0.2, -0.15) is 5.10 Å². The highest BCUT2D eigenvalue weighted by molar-refractivity contribution is 5.94. The van der Waals surface area contributed by atoms with Crippen LogP contribution in [0.4, 0.5) is 0 Å². The Morgan fingerprint density at radius 1 is 1.28 bits per heavy atom. The summed E-state index contributed by atoms with van der Waals surface area (Å²) in [5, 5.41) is 16.4. The van der Waals surface area contributed by atoms with Crippen molar-refractivity contribution in [3.05, 3.63) is 60.5 Å². The van der Waals surface area contributed by atoms with Crippen molar-refractivity contribution < 1.29 is 14.3 Å². The molecule has 0 radical (unpaired) electrons. The predicted octanol–water partition coefficient (Wildman–Crippen LogP) is 2.88. The second kappa shape index (κ2) is 7.81. The van der Waals surface area contributed by atoms with E-state index in [4.69, 9.17) is 9.52 Å². The van der Waals surface area contributed by atoms with Crippen molar-refractivity contribution in [2.24, 2.45) is 5.92 Å². The molecule has 2 heterocycles. The Morgan fingerprint density at radius 2 is 2.08 bits per heavy atom. The van der Waals surface area contributed by atoms with Gasteiger partial charge in [-0.25, -0.2) is 4.68 Å². The van der Waals surface area contributed by atoms with Crippen molar-refractivity contribution in [2.45, 2.75) is 13.3 Å². The number of aliphatic hydroxyl groups is 1. The van der Waals surface area contributed by atoms with Crippen molar-refractivity contribution in [1.29, 1.82) is 0 Å². The van der Waals surface area contributed by atoms with E-state index in [1.54, 1.807) is 23.1 Å². The van der Waals surface area contributed by atoms with Gasteiger partial charge in [0.25, 0.3) is 5.91 Å². The Hall–Kier alpha value is -2.86. The third kappa shape index (κ3) is 3.97. The molecule has 0 spiro atoms. The average Bonchev–Trinajstić information content (AvgIpc) is 3.30. The smallest absolute Gasteiger partial charge is 0.270 e. The standard InChI is InChI=1S/C19H21N3O3/c1-14(9-10-23)13-20-19(24)17-12-16(18-8-5-11-25-18)21-22(17)15-6-3-2-4-7-15/h2-8,11-12,14,23H,9-10,13H2,1H3,(H,20,24). The van der Waals surface area contributed by atoms with Crippen LogP contribution in [0.1, 0.15) is 23.8 Å². The van der Waals surface area contributed by atoms with E-state index in [9.17, 15) is 4.79 Å². The Morgan fingerprint density at radius 3 is 2.76 bits per heavy atom. The SMILES string of the molecule is CC(CCO)CNC(=O)c1cc(-c2ccco2)nn1-c1ccccc1. The molecule has 0 aliphatic carbocycles. The fourth-order valence-corrected chi connectivity index (χ4v) is 2.53. The van der Waals surface area contributed by atoms with Crippen molar-refractivity contribution in [2.75, 3.05) is 13.2 Å². The molecule has 1 amide bonds. The number of amides is 1. The van der Waals surface area contributed by atoms with Crippen LogP contribution in [0, 0.1) is 5.92 Å². The van der Waals surface area contributed by atoms with Gasteiger partial charge in [0.2, 0.25) is 0 Å². The number of hydrogen-bond donors (Lipinski definition) is 2. The molecular weight excluding hydrogens is 318 g/mol. The van der Waals surface area contributed by atoms with Crippen LogP contribution in [-0.2, 0) is 0 Å². The molecule has 3 aromatic rings. The Labute approximate surface area is 146 Å². The third-order valence-corrected chi connectivity index (χ3v) is 3.95. The molecule has 0 fully saturated rings. The van der Waals surface area contributed by atoms with Gasteiger partial charge >= 0.3 is 0 Å². The van der Waals surface area contributed by atoms with Crippen LogP contribution in [-0.4, -0.2) is 33.9 Å². The zero-order chi connectivity index (χ0) is 17.6. The second-order valence-electron chi connectivity index (χ2n) is 5.97. The largest absolute Gasteiger partial charge is 0.463 e. The third-order valence-electron chi connectivity index (χ3n) is 3.95. The van der Waals surface area contributed by atoms with Crippen molar-refractivity contribution in [3.63, 3.8) is 0 Å². The number of benzene rings is 1. The molecule has 2 N–H and O–H groups in total. The summed E-state index contributed by atoms with van der Waals surface area (Å²) in [4.78, 5) is 12.7. The maximum atomic E-state index is 12.7. The summed E-state index contributed by atoms with van der Waals surface area (Å²) in [6, 6.07) is 14.8. The van der Waals surface area contributed by atoms with Crippen LogP contribution in [0.25, 0.3) is 17.1 Å². The summed E-state index contributed by atoms with van der Waals surface area (Å²) in [7, 11) is 0. The van der Waals surface area contributed by atoms with Crippen molar-refractivity contribution in [1.82, 2.24) is 15.1 Å². The van der Waals surface area contributed by atoms with Crippen LogP contribution in [0.15, 0.2) is 59.2 Å². The monoisotopic (exact) mass is 339 g/mol. The molecule has 0 saturated carbocycles. The number of rotatable bonds is 7. The van der Waals surface area contributed by atoms with Crippen LogP contribution in [0.5, 0.6) is 0 Å². The van der Waals surface area contributed by atoms with Crippen molar-refractivity contribution in [3.8, 4) is 17.1 Å². The fraction of sp³-hybridized carbons (Fsp3) is 0.263. The Balaban J connectivity index is 1.90. The number of nitrogens with one attached hydrogen (secondary N) is 1. The van der Waals surface area contributed by atoms with Gasteiger partial charge in [0.05, 0.1) is 12.0 Å². The number of hydrogen-bond acceptors (Lipinski definition) is 4. The molecule has 1 atom stereocenters. The number of carbonyl (C=O) groups is 1. The number of nitrogens with zero attached hydrogens (tertiary/aromatic N) is 2. The molecule has 0 bridgehead atoms. The Kier molecular flexibility index (Phi) is 5.30. The lowest BCUT2D eigenvalue weighted by Crippen LogP contribution is -2.30. The summed E-state index contributed by atoms with van der Waals surface area (Å²) < 4.78 is 7.01. The van der Waals surface area contributed by atoms with E-state index in [0.717, 1.165) is 5.69 Å². The quantitative estimate of drug-likeness (QED) is 0.693. The van der Waals surface area contributed by atoms with Crippen LogP contribution in [0.2, 0.25) is 0 Å². The fourth-order valence-electron chi connectivity index (χ4n) is 2.53. The van der Waals surface area contributed by atoms with Gasteiger partial charge < -0.3 is 14.8 Å². The van der Waals surface area contributed by atoms with E-state index in [0.29, 0.717) is 30.1 Å². The van der Waals surface area contributed by atoms with Crippen LogP contribution >= 0.6 is 0 Å². The minimum absolute atomic E-state index is 0.113. The minimum Gasteiger partial charge on any atom is -0.463 e. The van der Waals surface area contributed by atoms with Crippen LogP contribution < -0.4 is 5.32 Å². The van der Waals surface area contributed by atoms with Crippen molar-refractivity contribution >= 4 is 5.91 Å². The number of furan rings is 1. The average molecular weight is 339 g/mol. The maximum Gasteiger partial charge on any atom is 0.270 e. The van der Waals surface area contributed by atoms with Crippen LogP contribution in [0.3, 0.4) is 0 Å². The second-order valence-corrected chi connectivity index (χ2v) is 5.97. The first kappa shape index (κ1) is 17.0. The first-order valence-corrected chi connectivity index (χ1v) is 8.27. The minimum atomic E-state index is -0.209. The number of para-hydroxylation sites is 1. The molecule has 1 unspecified atom stereocenters. The van der Waals surface area contributed by atoms with E-state index in [-0.39, 0.29) is 18.4 Å². The molecule has 2 aromatic heterocycles. The first-order chi connectivity index (χ1) is 12.2. The van der Waals surface area contributed by atoms with E-state index >= 15 is 0 Å². The van der Waals surface area contributed by atoms with Gasteiger partial charge in [-0.1, -0.05) is 25.1 Å². The number of aliphatic hydroxyl groups excluding tert-OH is 1. The molecule has 25 heavy (non-hydrogen) atoms. The molecular formula is C19H21N3O3. The molecule has 1 aromatic carbocycles. The molecule has 6 heteroatoms. The highest BCUT2D eigenvalue weighted by Crippen LogP contribution is 2.22. The molecule has 0 aliphatic heterocycles. The zero-order valence-electron chi connectivity index (χ0n) is 14.1. The Bertz CT molecular complexity index is 810.